The van der Waals surface area contributed by atoms with Gasteiger partial charge < -0.3 is 9.63 Å². The molecule has 3 aromatic rings. The molecule has 106 valence electrons. The summed E-state index contributed by atoms with van der Waals surface area (Å²) >= 11 is 5.83. The number of benzene rings is 2. The summed E-state index contributed by atoms with van der Waals surface area (Å²) in [4.78, 5) is 4.20. The van der Waals surface area contributed by atoms with E-state index in [-0.39, 0.29) is 28.9 Å². The number of hydrogen-bond donors (Lipinski definition) is 1. The van der Waals surface area contributed by atoms with Crippen molar-refractivity contribution in [3.63, 3.8) is 0 Å². The van der Waals surface area contributed by atoms with Crippen LogP contribution in [0.1, 0.15) is 11.4 Å². The number of aromatic nitrogens is 2. The fraction of sp³-hybridized carbons (Fsp3) is 0.0667. The summed E-state index contributed by atoms with van der Waals surface area (Å²) < 4.78 is 18.7. The normalized spacial score (nSPS) is 10.8. The van der Waals surface area contributed by atoms with E-state index in [9.17, 15) is 9.50 Å². The number of phenols is 1. The lowest BCUT2D eigenvalue weighted by Crippen LogP contribution is -1.94. The largest absolute Gasteiger partial charge is 0.506 e. The fourth-order valence-electron chi connectivity index (χ4n) is 1.90. The van der Waals surface area contributed by atoms with Gasteiger partial charge in [0, 0.05) is 12.0 Å². The maximum atomic E-state index is 13.6. The van der Waals surface area contributed by atoms with Crippen LogP contribution in [0.5, 0.6) is 5.75 Å². The highest BCUT2D eigenvalue weighted by molar-refractivity contribution is 6.32. The van der Waals surface area contributed by atoms with Gasteiger partial charge in [-0.1, -0.05) is 35.0 Å². The van der Waals surface area contributed by atoms with E-state index >= 15 is 0 Å². The highest BCUT2D eigenvalue weighted by Gasteiger charge is 2.12. The monoisotopic (exact) mass is 304 g/mol. The van der Waals surface area contributed by atoms with Crippen molar-refractivity contribution < 1.29 is 14.0 Å². The van der Waals surface area contributed by atoms with Gasteiger partial charge in [-0.25, -0.2) is 4.39 Å². The predicted octanol–water partition coefficient (Wildman–Crippen LogP) is 3.83. The van der Waals surface area contributed by atoms with E-state index in [4.69, 9.17) is 16.1 Å². The molecule has 0 aliphatic carbocycles. The first-order valence-corrected chi connectivity index (χ1v) is 6.56. The Hall–Kier alpha value is -2.40. The molecule has 4 nitrogen and oxygen atoms in total. The van der Waals surface area contributed by atoms with Gasteiger partial charge in [-0.15, -0.1) is 0 Å². The van der Waals surface area contributed by atoms with Crippen LogP contribution in [0.2, 0.25) is 5.02 Å². The van der Waals surface area contributed by atoms with Gasteiger partial charge >= 0.3 is 0 Å². The van der Waals surface area contributed by atoms with E-state index in [1.165, 1.54) is 18.2 Å². The molecule has 6 heteroatoms. The molecule has 0 radical (unpaired) electrons. The van der Waals surface area contributed by atoms with Gasteiger partial charge in [-0.3, -0.25) is 0 Å². The fourth-order valence-corrected chi connectivity index (χ4v) is 2.08. The Bertz CT molecular complexity index is 789. The van der Waals surface area contributed by atoms with E-state index in [0.29, 0.717) is 17.0 Å². The summed E-state index contributed by atoms with van der Waals surface area (Å²) in [6, 6.07) is 11.0. The van der Waals surface area contributed by atoms with Crippen LogP contribution in [0.4, 0.5) is 4.39 Å². The highest BCUT2D eigenvalue weighted by atomic mass is 35.5. The van der Waals surface area contributed by atoms with Crippen LogP contribution in [-0.2, 0) is 6.42 Å². The van der Waals surface area contributed by atoms with Gasteiger partial charge in [0.2, 0.25) is 0 Å². The van der Waals surface area contributed by atoms with Gasteiger partial charge in [-0.2, -0.15) is 4.98 Å². The van der Waals surface area contributed by atoms with Crippen molar-refractivity contribution in [1.82, 2.24) is 10.1 Å². The second-order valence-corrected chi connectivity index (χ2v) is 4.86. The summed E-state index contributed by atoms with van der Waals surface area (Å²) in [5.74, 6) is 0.311. The maximum absolute atomic E-state index is 13.6. The number of aromatic hydroxyl groups is 1. The van der Waals surface area contributed by atoms with Crippen LogP contribution in [0.15, 0.2) is 47.0 Å². The van der Waals surface area contributed by atoms with Crippen LogP contribution < -0.4 is 0 Å². The van der Waals surface area contributed by atoms with E-state index in [1.54, 1.807) is 24.3 Å². The predicted molar refractivity (Wildman–Crippen MR) is 75.6 cm³/mol. The Morgan fingerprint density at radius 2 is 2.00 bits per heavy atom. The Balaban J connectivity index is 1.86. The van der Waals surface area contributed by atoms with Crippen LogP contribution in [0, 0.1) is 5.82 Å². The number of rotatable bonds is 3. The van der Waals surface area contributed by atoms with Crippen molar-refractivity contribution in [2.75, 3.05) is 0 Å². The van der Waals surface area contributed by atoms with Crippen LogP contribution in [0.3, 0.4) is 0 Å². The zero-order chi connectivity index (χ0) is 14.8. The van der Waals surface area contributed by atoms with Crippen molar-refractivity contribution in [3.05, 3.63) is 64.7 Å². The SMILES string of the molecule is Oc1ccc(-c2nc(Cc3ccccc3F)no2)cc1Cl. The summed E-state index contributed by atoms with van der Waals surface area (Å²) in [7, 11) is 0. The van der Waals surface area contributed by atoms with E-state index in [1.807, 2.05) is 0 Å². The molecule has 0 saturated heterocycles. The average Bonchev–Trinajstić information content (AvgIpc) is 2.93. The number of nitrogens with zero attached hydrogens (tertiary/aromatic N) is 2. The molecule has 0 aliphatic heterocycles. The third kappa shape index (κ3) is 2.87. The first kappa shape index (κ1) is 13.6. The summed E-state index contributed by atoms with van der Waals surface area (Å²) in [6.45, 7) is 0. The third-order valence-corrected chi connectivity index (χ3v) is 3.27. The second kappa shape index (κ2) is 5.54. The summed E-state index contributed by atoms with van der Waals surface area (Å²) in [5, 5.41) is 13.4. The number of phenolic OH excluding ortho intramolecular Hbond substituents is 1. The molecule has 1 N–H and O–H groups in total. The number of halogens is 2. The molecule has 0 aliphatic rings. The molecule has 0 bridgehead atoms. The van der Waals surface area contributed by atoms with Crippen molar-refractivity contribution in [2.45, 2.75) is 6.42 Å². The minimum Gasteiger partial charge on any atom is -0.506 e. The van der Waals surface area contributed by atoms with Crippen molar-refractivity contribution in [3.8, 4) is 17.2 Å². The van der Waals surface area contributed by atoms with E-state index in [2.05, 4.69) is 10.1 Å². The third-order valence-electron chi connectivity index (χ3n) is 2.97. The van der Waals surface area contributed by atoms with Crippen molar-refractivity contribution in [1.29, 1.82) is 0 Å². The standard InChI is InChI=1S/C15H10ClFN2O2/c16-11-7-10(5-6-13(11)20)15-18-14(19-21-15)8-9-3-1-2-4-12(9)17/h1-7,20H,8H2. The van der Waals surface area contributed by atoms with Gasteiger partial charge in [0.15, 0.2) is 5.82 Å². The van der Waals surface area contributed by atoms with Gasteiger partial charge in [0.25, 0.3) is 5.89 Å². The Morgan fingerprint density at radius 3 is 2.76 bits per heavy atom. The van der Waals surface area contributed by atoms with Gasteiger partial charge in [0.1, 0.15) is 11.6 Å². The van der Waals surface area contributed by atoms with Crippen LogP contribution in [-0.4, -0.2) is 15.2 Å². The topological polar surface area (TPSA) is 59.2 Å². The Morgan fingerprint density at radius 1 is 1.19 bits per heavy atom. The zero-order valence-corrected chi connectivity index (χ0v) is 11.5. The molecule has 0 saturated carbocycles. The minimum absolute atomic E-state index is 0.0217. The summed E-state index contributed by atoms with van der Waals surface area (Å²) in [6.07, 6.45) is 0.238. The quantitative estimate of drug-likeness (QED) is 0.799. The Labute approximate surface area is 124 Å². The lowest BCUT2D eigenvalue weighted by atomic mass is 10.1. The second-order valence-electron chi connectivity index (χ2n) is 4.45. The molecule has 3 rings (SSSR count). The van der Waals surface area contributed by atoms with E-state index in [0.717, 1.165) is 0 Å². The first-order chi connectivity index (χ1) is 10.1. The Kier molecular flexibility index (Phi) is 3.58. The first-order valence-electron chi connectivity index (χ1n) is 6.18. The molecule has 21 heavy (non-hydrogen) atoms. The van der Waals surface area contributed by atoms with Crippen LogP contribution in [0.25, 0.3) is 11.5 Å². The highest BCUT2D eigenvalue weighted by Crippen LogP contribution is 2.28. The lowest BCUT2D eigenvalue weighted by Gasteiger charge is -1.98. The van der Waals surface area contributed by atoms with Crippen molar-refractivity contribution in [2.24, 2.45) is 0 Å². The van der Waals surface area contributed by atoms with E-state index < -0.39 is 0 Å². The van der Waals surface area contributed by atoms with Gasteiger partial charge in [-0.05, 0) is 29.8 Å². The smallest absolute Gasteiger partial charge is 0.257 e. The molecule has 2 aromatic carbocycles. The lowest BCUT2D eigenvalue weighted by molar-refractivity contribution is 0.423. The molecule has 0 spiro atoms. The molecule has 1 aromatic heterocycles. The minimum atomic E-state index is -0.309. The molecule has 0 atom stereocenters. The molecule has 1 heterocycles. The molecular formula is C15H10ClFN2O2. The molecular weight excluding hydrogens is 295 g/mol. The molecule has 0 fully saturated rings. The average molecular weight is 305 g/mol. The number of hydrogen-bond acceptors (Lipinski definition) is 4. The molecule has 0 amide bonds. The summed E-state index contributed by atoms with van der Waals surface area (Å²) in [5.41, 5.74) is 1.08. The zero-order valence-electron chi connectivity index (χ0n) is 10.8. The molecule has 0 unspecified atom stereocenters. The van der Waals surface area contributed by atoms with Crippen molar-refractivity contribution >= 4 is 11.6 Å². The van der Waals surface area contributed by atoms with Crippen LogP contribution >= 0.6 is 11.6 Å². The van der Waals surface area contributed by atoms with Gasteiger partial charge in [0.05, 0.1) is 5.02 Å². The maximum Gasteiger partial charge on any atom is 0.257 e.